The number of carbonyl (C=O) groups excluding carboxylic acids is 3. The minimum Gasteiger partial charge on any atom is -0.465 e. The maximum atomic E-state index is 13.0. The number of ether oxygens (including phenoxy) is 1. The number of aromatic nitrogens is 1. The number of amides is 1. The minimum atomic E-state index is -1.76. The smallest absolute Gasteiger partial charge is 0.329 e. The summed E-state index contributed by atoms with van der Waals surface area (Å²) < 4.78 is 4.99. The molecule has 1 amide bonds. The molecule has 1 saturated heterocycles. The average Bonchev–Trinajstić information content (AvgIpc) is 2.95. The summed E-state index contributed by atoms with van der Waals surface area (Å²) in [5.41, 5.74) is 0.763. The van der Waals surface area contributed by atoms with E-state index in [4.69, 9.17) is 4.74 Å². The van der Waals surface area contributed by atoms with Gasteiger partial charge in [0.05, 0.1) is 23.9 Å². The highest BCUT2D eigenvalue weighted by atomic mass is 16.5. The van der Waals surface area contributed by atoms with Gasteiger partial charge in [-0.15, -0.1) is 0 Å². The Morgan fingerprint density at radius 1 is 1.36 bits per heavy atom. The van der Waals surface area contributed by atoms with E-state index in [0.29, 0.717) is 6.54 Å². The van der Waals surface area contributed by atoms with E-state index < -0.39 is 29.1 Å². The molecule has 4 rings (SSSR count). The molecule has 0 bridgehead atoms. The lowest BCUT2D eigenvalue weighted by Crippen LogP contribution is -2.56. The van der Waals surface area contributed by atoms with Crippen molar-refractivity contribution >= 4 is 28.6 Å². The predicted octanol–water partition coefficient (Wildman–Crippen LogP) is 2.16. The number of rotatable bonds is 2. The van der Waals surface area contributed by atoms with E-state index in [-0.39, 0.29) is 13.0 Å². The van der Waals surface area contributed by atoms with Crippen LogP contribution in [0, 0.1) is 5.41 Å². The largest absolute Gasteiger partial charge is 0.465 e. The van der Waals surface area contributed by atoms with Crippen LogP contribution in [0.3, 0.4) is 0 Å². The maximum Gasteiger partial charge on any atom is 0.329 e. The van der Waals surface area contributed by atoms with Crippen LogP contribution >= 0.6 is 0 Å². The Labute approximate surface area is 144 Å². The van der Waals surface area contributed by atoms with E-state index in [1.165, 1.54) is 6.92 Å². The van der Waals surface area contributed by atoms with Gasteiger partial charge in [-0.25, -0.2) is 0 Å². The van der Waals surface area contributed by atoms with Gasteiger partial charge in [-0.3, -0.25) is 19.4 Å². The van der Waals surface area contributed by atoms with Crippen LogP contribution in [-0.2, 0) is 25.7 Å². The fourth-order valence-electron chi connectivity index (χ4n) is 3.71. The summed E-state index contributed by atoms with van der Waals surface area (Å²) in [4.78, 5) is 44.2. The number of hydrogen-bond acceptors (Lipinski definition) is 5. The lowest BCUT2D eigenvalue weighted by molar-refractivity contribution is -0.172. The quantitative estimate of drug-likeness (QED) is 0.619. The molecule has 6 heteroatoms. The van der Waals surface area contributed by atoms with E-state index in [0.717, 1.165) is 22.2 Å². The van der Waals surface area contributed by atoms with Crippen LogP contribution in [-0.4, -0.2) is 34.2 Å². The first-order valence-corrected chi connectivity index (χ1v) is 8.37. The summed E-state index contributed by atoms with van der Waals surface area (Å²) in [6.07, 6.45) is 0.0827. The molecule has 0 N–H and O–H groups in total. The molecule has 1 fully saturated rings. The first kappa shape index (κ1) is 15.7. The van der Waals surface area contributed by atoms with Crippen molar-refractivity contribution < 1.29 is 19.1 Å². The van der Waals surface area contributed by atoms with E-state index >= 15 is 0 Å². The summed E-state index contributed by atoms with van der Waals surface area (Å²) >= 11 is 0. The zero-order valence-corrected chi connectivity index (χ0v) is 14.1. The van der Waals surface area contributed by atoms with Crippen molar-refractivity contribution in [2.24, 2.45) is 5.41 Å². The van der Waals surface area contributed by atoms with Gasteiger partial charge in [-0.2, -0.15) is 0 Å². The number of esters is 1. The van der Waals surface area contributed by atoms with Gasteiger partial charge in [0.1, 0.15) is 0 Å². The Balaban J connectivity index is 1.76. The number of fused-ring (bicyclic) bond motifs is 4. The molecule has 2 aliphatic heterocycles. The normalized spacial score (nSPS) is 25.0. The van der Waals surface area contributed by atoms with Crippen LogP contribution in [0.4, 0.5) is 0 Å². The number of hydrogen-bond donors (Lipinski definition) is 0. The first-order valence-electron chi connectivity index (χ1n) is 8.37. The molecule has 2 atom stereocenters. The fraction of sp³-hybridized carbons (Fsp3) is 0.368. The van der Waals surface area contributed by atoms with Crippen LogP contribution in [0.5, 0.6) is 0 Å². The van der Waals surface area contributed by atoms with Gasteiger partial charge in [-0.05, 0) is 31.5 Å². The average molecular weight is 338 g/mol. The lowest BCUT2D eigenvalue weighted by atomic mass is 9.77. The summed E-state index contributed by atoms with van der Waals surface area (Å²) in [7, 11) is 0. The number of ketones is 1. The van der Waals surface area contributed by atoms with Crippen LogP contribution in [0.1, 0.15) is 37.6 Å². The molecule has 25 heavy (non-hydrogen) atoms. The van der Waals surface area contributed by atoms with Crippen LogP contribution < -0.4 is 0 Å². The van der Waals surface area contributed by atoms with Crippen molar-refractivity contribution in [2.75, 3.05) is 6.61 Å². The molecular weight excluding hydrogens is 320 g/mol. The third-order valence-electron chi connectivity index (χ3n) is 5.18. The van der Waals surface area contributed by atoms with Crippen LogP contribution in [0.15, 0.2) is 30.3 Å². The Bertz CT molecular complexity index is 923. The molecule has 6 nitrogen and oxygen atoms in total. The fourth-order valence-corrected chi connectivity index (χ4v) is 3.71. The SMILES string of the molecule is CCOC(=O)[C@@]1(C)C(=O)C[C@H]2c3nc4ccccc4cc3CN2C1=O. The summed E-state index contributed by atoms with van der Waals surface area (Å²) in [6.45, 7) is 3.52. The minimum absolute atomic E-state index is 0.0827. The standard InChI is InChI=1S/C19H18N2O4/c1-3-25-18(24)19(2)15(22)9-14-16-12(10-21(14)17(19)23)8-11-6-4-5-7-13(11)20-16/h4-8,14H,3,9-10H2,1-2H3/t14-,19-/m0/s1. The van der Waals surface area contributed by atoms with Gasteiger partial charge in [0.25, 0.3) is 0 Å². The van der Waals surface area contributed by atoms with Crippen molar-refractivity contribution in [2.45, 2.75) is 32.9 Å². The summed E-state index contributed by atoms with van der Waals surface area (Å²) in [5, 5.41) is 0.994. The van der Waals surface area contributed by atoms with Gasteiger partial charge in [0.2, 0.25) is 11.3 Å². The second-order valence-corrected chi connectivity index (χ2v) is 6.65. The van der Waals surface area contributed by atoms with Gasteiger partial charge < -0.3 is 9.64 Å². The number of piperidine rings is 1. The highest BCUT2D eigenvalue weighted by Gasteiger charge is 2.58. The zero-order chi connectivity index (χ0) is 17.8. The van der Waals surface area contributed by atoms with E-state index in [1.54, 1.807) is 11.8 Å². The Morgan fingerprint density at radius 3 is 2.88 bits per heavy atom. The summed E-state index contributed by atoms with van der Waals surface area (Å²) in [5.74, 6) is -1.66. The molecule has 0 saturated carbocycles. The molecule has 128 valence electrons. The first-order chi connectivity index (χ1) is 12.0. The molecule has 0 radical (unpaired) electrons. The van der Waals surface area contributed by atoms with Gasteiger partial charge >= 0.3 is 5.97 Å². The molecular formula is C19H18N2O4. The number of pyridine rings is 1. The Morgan fingerprint density at radius 2 is 2.12 bits per heavy atom. The van der Waals surface area contributed by atoms with Crippen molar-refractivity contribution in [3.05, 3.63) is 41.6 Å². The number of para-hydroxylation sites is 1. The predicted molar refractivity (Wildman–Crippen MR) is 89.4 cm³/mol. The molecule has 0 aliphatic carbocycles. The van der Waals surface area contributed by atoms with Gasteiger partial charge in [-0.1, -0.05) is 18.2 Å². The van der Waals surface area contributed by atoms with Crippen molar-refractivity contribution in [1.29, 1.82) is 0 Å². The monoisotopic (exact) mass is 338 g/mol. The second kappa shape index (κ2) is 5.37. The second-order valence-electron chi connectivity index (χ2n) is 6.65. The van der Waals surface area contributed by atoms with Crippen LogP contribution in [0.2, 0.25) is 0 Å². The maximum absolute atomic E-state index is 13.0. The third-order valence-corrected chi connectivity index (χ3v) is 5.18. The molecule has 0 unspecified atom stereocenters. The molecule has 1 aromatic carbocycles. The van der Waals surface area contributed by atoms with E-state index in [9.17, 15) is 14.4 Å². The number of nitrogens with zero attached hydrogens (tertiary/aromatic N) is 2. The molecule has 1 aromatic heterocycles. The zero-order valence-electron chi connectivity index (χ0n) is 14.1. The highest BCUT2D eigenvalue weighted by molar-refractivity contribution is 6.22. The van der Waals surface area contributed by atoms with Crippen molar-refractivity contribution in [3.63, 3.8) is 0 Å². The molecule has 3 heterocycles. The van der Waals surface area contributed by atoms with E-state index in [1.807, 2.05) is 30.3 Å². The third kappa shape index (κ3) is 2.10. The molecule has 2 aliphatic rings. The lowest BCUT2D eigenvalue weighted by Gasteiger charge is -2.38. The Hall–Kier alpha value is -2.76. The number of benzene rings is 1. The topological polar surface area (TPSA) is 76.6 Å². The molecule has 2 aromatic rings. The van der Waals surface area contributed by atoms with Crippen molar-refractivity contribution in [3.8, 4) is 0 Å². The van der Waals surface area contributed by atoms with Crippen LogP contribution in [0.25, 0.3) is 10.9 Å². The summed E-state index contributed by atoms with van der Waals surface area (Å²) in [6, 6.07) is 9.33. The highest BCUT2D eigenvalue weighted by Crippen LogP contribution is 2.45. The molecule has 0 spiro atoms. The van der Waals surface area contributed by atoms with Crippen molar-refractivity contribution in [1.82, 2.24) is 9.88 Å². The van der Waals surface area contributed by atoms with Gasteiger partial charge in [0, 0.05) is 18.4 Å². The number of carbonyl (C=O) groups is 3. The Kier molecular flexibility index (Phi) is 3.39. The van der Waals surface area contributed by atoms with Gasteiger partial charge in [0.15, 0.2) is 5.78 Å². The van der Waals surface area contributed by atoms with E-state index in [2.05, 4.69) is 4.98 Å². The number of Topliss-reactive ketones (excluding diaryl/α,β-unsaturated/α-hetero) is 1.